The molecule has 1 aromatic rings. The number of hydrogen-bond donors (Lipinski definition) is 1. The van der Waals surface area contributed by atoms with Crippen molar-refractivity contribution in [2.75, 3.05) is 14.2 Å². The number of hydrogen-bond acceptors (Lipinski definition) is 3. The van der Waals surface area contributed by atoms with Crippen LogP contribution < -0.4 is 10.1 Å². The second-order valence-corrected chi connectivity index (χ2v) is 5.83. The Labute approximate surface area is 109 Å². The van der Waals surface area contributed by atoms with Gasteiger partial charge in [-0.15, -0.1) is 0 Å². The van der Waals surface area contributed by atoms with E-state index in [1.54, 1.807) is 7.11 Å². The van der Waals surface area contributed by atoms with Crippen LogP contribution in [0.1, 0.15) is 37.4 Å². The number of ether oxygens (including phenoxy) is 1. The first-order chi connectivity index (χ1) is 8.74. The second kappa shape index (κ2) is 4.57. The molecule has 4 unspecified atom stereocenters. The van der Waals surface area contributed by atoms with Crippen molar-refractivity contribution in [1.82, 2.24) is 15.1 Å². The molecule has 0 saturated heterocycles. The predicted octanol–water partition coefficient (Wildman–Crippen LogP) is 2.13. The van der Waals surface area contributed by atoms with Crippen LogP contribution in [0.4, 0.5) is 0 Å². The fourth-order valence-corrected chi connectivity index (χ4v) is 4.19. The Morgan fingerprint density at radius 1 is 1.44 bits per heavy atom. The van der Waals surface area contributed by atoms with E-state index in [-0.39, 0.29) is 0 Å². The number of nitrogens with zero attached hydrogens (tertiary/aromatic N) is 2. The highest BCUT2D eigenvalue weighted by atomic mass is 16.5. The van der Waals surface area contributed by atoms with Gasteiger partial charge < -0.3 is 10.1 Å². The molecule has 0 aliphatic heterocycles. The summed E-state index contributed by atoms with van der Waals surface area (Å²) in [4.78, 5) is 0. The molecule has 1 N–H and O–H groups in total. The van der Waals surface area contributed by atoms with E-state index in [1.807, 2.05) is 17.9 Å². The third kappa shape index (κ3) is 1.74. The minimum atomic E-state index is 0.378. The molecule has 0 spiro atoms. The summed E-state index contributed by atoms with van der Waals surface area (Å²) in [5.41, 5.74) is 1.21. The zero-order valence-corrected chi connectivity index (χ0v) is 11.5. The average Bonchev–Trinajstić information content (AvgIpc) is 3.07. The first-order valence-electron chi connectivity index (χ1n) is 6.97. The zero-order chi connectivity index (χ0) is 12.7. The molecule has 2 fully saturated rings. The lowest BCUT2D eigenvalue weighted by Gasteiger charge is -2.30. The summed E-state index contributed by atoms with van der Waals surface area (Å²) in [6, 6.07) is 0.378. The maximum Gasteiger partial charge on any atom is 0.161 e. The Bertz CT molecular complexity index is 429. The third-order valence-electron chi connectivity index (χ3n) is 5.00. The van der Waals surface area contributed by atoms with Crippen LogP contribution in [-0.2, 0) is 7.05 Å². The molecule has 0 amide bonds. The molecule has 1 heterocycles. The molecule has 0 radical (unpaired) electrons. The van der Waals surface area contributed by atoms with Gasteiger partial charge in [-0.25, -0.2) is 0 Å². The lowest BCUT2D eigenvalue weighted by atomic mass is 9.82. The number of aromatic nitrogens is 2. The van der Waals surface area contributed by atoms with Crippen LogP contribution in [0.5, 0.6) is 5.75 Å². The molecule has 2 saturated carbocycles. The van der Waals surface area contributed by atoms with Crippen LogP contribution in [0.3, 0.4) is 0 Å². The lowest BCUT2D eigenvalue weighted by Crippen LogP contribution is -2.30. The molecule has 3 rings (SSSR count). The molecule has 100 valence electrons. The van der Waals surface area contributed by atoms with E-state index in [9.17, 15) is 0 Å². The number of fused-ring (bicyclic) bond motifs is 2. The number of aryl methyl sites for hydroxylation is 1. The van der Waals surface area contributed by atoms with Gasteiger partial charge in [-0.1, -0.05) is 6.42 Å². The molecule has 2 aliphatic rings. The quantitative estimate of drug-likeness (QED) is 0.888. The Morgan fingerprint density at radius 3 is 2.83 bits per heavy atom. The molecule has 2 bridgehead atoms. The standard InChI is InChI=1S/C14H23N3O/c1-15-13(11-7-9-4-5-10(11)6-9)14-12(18-3)8-16-17(14)2/h8-11,13,15H,4-7H2,1-3H3. The summed E-state index contributed by atoms with van der Waals surface area (Å²) in [7, 11) is 5.80. The van der Waals surface area contributed by atoms with Crippen molar-refractivity contribution >= 4 is 0 Å². The van der Waals surface area contributed by atoms with Crippen molar-refractivity contribution in [3.05, 3.63) is 11.9 Å². The van der Waals surface area contributed by atoms with Crippen LogP contribution in [0.2, 0.25) is 0 Å². The van der Waals surface area contributed by atoms with Crippen LogP contribution >= 0.6 is 0 Å². The third-order valence-corrected chi connectivity index (χ3v) is 5.00. The molecule has 0 aromatic carbocycles. The van der Waals surface area contributed by atoms with E-state index in [0.29, 0.717) is 6.04 Å². The van der Waals surface area contributed by atoms with Crippen molar-refractivity contribution in [2.24, 2.45) is 24.8 Å². The zero-order valence-electron chi connectivity index (χ0n) is 11.5. The van der Waals surface area contributed by atoms with Crippen LogP contribution in [0.25, 0.3) is 0 Å². The first kappa shape index (κ1) is 12.0. The topological polar surface area (TPSA) is 39.1 Å². The van der Waals surface area contributed by atoms with Gasteiger partial charge in [-0.05, 0) is 44.1 Å². The van der Waals surface area contributed by atoms with Crippen LogP contribution in [-0.4, -0.2) is 23.9 Å². The Kier molecular flexibility index (Phi) is 3.06. The fraction of sp³-hybridized carbons (Fsp3) is 0.786. The van der Waals surface area contributed by atoms with E-state index in [0.717, 1.165) is 23.5 Å². The van der Waals surface area contributed by atoms with Gasteiger partial charge in [0.1, 0.15) is 0 Å². The second-order valence-electron chi connectivity index (χ2n) is 5.83. The van der Waals surface area contributed by atoms with Crippen molar-refractivity contribution in [1.29, 1.82) is 0 Å². The summed E-state index contributed by atoms with van der Waals surface area (Å²) >= 11 is 0. The number of methoxy groups -OCH3 is 1. The molecular formula is C14H23N3O. The summed E-state index contributed by atoms with van der Waals surface area (Å²) in [5, 5.41) is 7.85. The van der Waals surface area contributed by atoms with E-state index in [1.165, 1.54) is 31.4 Å². The summed E-state index contributed by atoms with van der Waals surface area (Å²) < 4.78 is 7.43. The van der Waals surface area contributed by atoms with Gasteiger partial charge in [0.05, 0.1) is 25.0 Å². The highest BCUT2D eigenvalue weighted by Crippen LogP contribution is 2.53. The minimum Gasteiger partial charge on any atom is -0.493 e. The molecule has 2 aliphatic carbocycles. The molecule has 1 aromatic heterocycles. The van der Waals surface area contributed by atoms with Gasteiger partial charge in [-0.2, -0.15) is 5.10 Å². The van der Waals surface area contributed by atoms with E-state index in [2.05, 4.69) is 17.5 Å². The normalized spacial score (nSPS) is 31.8. The Balaban J connectivity index is 1.90. The van der Waals surface area contributed by atoms with Crippen molar-refractivity contribution in [2.45, 2.75) is 31.7 Å². The smallest absolute Gasteiger partial charge is 0.161 e. The maximum absolute atomic E-state index is 5.47. The lowest BCUT2D eigenvalue weighted by molar-refractivity contribution is 0.246. The van der Waals surface area contributed by atoms with Crippen LogP contribution in [0.15, 0.2) is 6.20 Å². The van der Waals surface area contributed by atoms with E-state index in [4.69, 9.17) is 4.74 Å². The van der Waals surface area contributed by atoms with Gasteiger partial charge in [0.2, 0.25) is 0 Å². The highest BCUT2D eigenvalue weighted by molar-refractivity contribution is 5.29. The number of nitrogens with one attached hydrogen (secondary N) is 1. The molecule has 4 heteroatoms. The van der Waals surface area contributed by atoms with Gasteiger partial charge in [-0.3, -0.25) is 4.68 Å². The average molecular weight is 249 g/mol. The predicted molar refractivity (Wildman–Crippen MR) is 70.5 cm³/mol. The summed E-state index contributed by atoms with van der Waals surface area (Å²) in [5.74, 6) is 3.53. The Morgan fingerprint density at radius 2 is 2.28 bits per heavy atom. The summed E-state index contributed by atoms with van der Waals surface area (Å²) in [6.45, 7) is 0. The fourth-order valence-electron chi connectivity index (χ4n) is 4.19. The van der Waals surface area contributed by atoms with Gasteiger partial charge in [0.15, 0.2) is 5.75 Å². The maximum atomic E-state index is 5.47. The highest BCUT2D eigenvalue weighted by Gasteiger charge is 2.44. The van der Waals surface area contributed by atoms with Gasteiger partial charge >= 0.3 is 0 Å². The van der Waals surface area contributed by atoms with Crippen molar-refractivity contribution in [3.63, 3.8) is 0 Å². The molecule has 4 atom stereocenters. The Hall–Kier alpha value is -1.03. The van der Waals surface area contributed by atoms with E-state index < -0.39 is 0 Å². The van der Waals surface area contributed by atoms with Gasteiger partial charge in [0.25, 0.3) is 0 Å². The SMILES string of the molecule is CNC(c1c(OC)cnn1C)C1CC2CCC1C2. The minimum absolute atomic E-state index is 0.378. The van der Waals surface area contributed by atoms with Crippen LogP contribution in [0, 0.1) is 17.8 Å². The monoisotopic (exact) mass is 249 g/mol. The largest absolute Gasteiger partial charge is 0.493 e. The van der Waals surface area contributed by atoms with Gasteiger partial charge in [0, 0.05) is 7.05 Å². The van der Waals surface area contributed by atoms with Crippen molar-refractivity contribution < 1.29 is 4.74 Å². The van der Waals surface area contributed by atoms with Crippen molar-refractivity contribution in [3.8, 4) is 5.75 Å². The summed E-state index contributed by atoms with van der Waals surface area (Å²) in [6.07, 6.45) is 7.48. The molecular weight excluding hydrogens is 226 g/mol. The van der Waals surface area contributed by atoms with E-state index >= 15 is 0 Å². The first-order valence-corrected chi connectivity index (χ1v) is 6.97. The molecule has 18 heavy (non-hydrogen) atoms. The molecule has 4 nitrogen and oxygen atoms in total. The number of rotatable bonds is 4.